The van der Waals surface area contributed by atoms with Crippen LogP contribution in [-0.2, 0) is 5.54 Å². The van der Waals surface area contributed by atoms with E-state index in [0.29, 0.717) is 11.5 Å². The Balaban J connectivity index is 2.15. The molecule has 1 heterocycles. The Morgan fingerprint density at radius 2 is 1.26 bits per heavy atom. The molecule has 0 amide bonds. The first-order valence-corrected chi connectivity index (χ1v) is 7.35. The lowest BCUT2D eigenvalue weighted by Gasteiger charge is -2.37. The average molecular weight is 299 g/mol. The summed E-state index contributed by atoms with van der Waals surface area (Å²) in [5, 5.41) is 4.27. The summed E-state index contributed by atoms with van der Waals surface area (Å²) in [6, 6.07) is 25.2. The van der Waals surface area contributed by atoms with E-state index in [2.05, 4.69) is 10.0 Å². The van der Waals surface area contributed by atoms with Crippen molar-refractivity contribution in [1.82, 2.24) is 0 Å². The predicted molar refractivity (Wildman–Crippen MR) is 88.4 cm³/mol. The zero-order chi connectivity index (χ0) is 15.7. The van der Waals surface area contributed by atoms with Crippen LogP contribution < -0.4 is 4.74 Å². The van der Waals surface area contributed by atoms with Gasteiger partial charge in [0, 0.05) is 16.0 Å². The van der Waals surface area contributed by atoms with E-state index in [1.165, 1.54) is 0 Å². The Kier molecular flexibility index (Phi) is 3.04. The zero-order valence-corrected chi connectivity index (χ0v) is 12.3. The Labute approximate surface area is 133 Å². The topological polar surface area (TPSA) is 58.0 Å². The number of hydrogen-bond acceptors (Lipinski definition) is 2. The molecule has 0 unspecified atom stereocenters. The summed E-state index contributed by atoms with van der Waals surface area (Å²) in [7, 11) is 0. The van der Waals surface area contributed by atoms with E-state index in [4.69, 9.17) is 4.74 Å². The van der Waals surface area contributed by atoms with Crippen LogP contribution in [-0.4, -0.2) is 0 Å². The van der Waals surface area contributed by atoms with E-state index in [1.807, 2.05) is 78.9 Å². The van der Waals surface area contributed by atoms with Crippen molar-refractivity contribution in [2.75, 3.05) is 0 Å². The van der Waals surface area contributed by atoms with Gasteiger partial charge in [-0.2, -0.15) is 0 Å². The van der Waals surface area contributed by atoms with Crippen LogP contribution in [0.1, 0.15) is 16.7 Å². The minimum Gasteiger partial charge on any atom is -0.457 e. The molecule has 1 aliphatic rings. The van der Waals surface area contributed by atoms with Crippen LogP contribution in [0.3, 0.4) is 0 Å². The highest BCUT2D eigenvalue weighted by molar-refractivity contribution is 5.62. The molecule has 0 atom stereocenters. The summed E-state index contributed by atoms with van der Waals surface area (Å²) in [5.41, 5.74) is 11.0. The van der Waals surface area contributed by atoms with Gasteiger partial charge in [-0.05, 0) is 23.2 Å². The molecule has 0 aliphatic carbocycles. The van der Waals surface area contributed by atoms with E-state index < -0.39 is 5.54 Å². The SMILES string of the molecule is [N-]=[N+]=NC1(c2ccccc2)c2ccccc2Oc2ccccc21. The number of rotatable bonds is 2. The Bertz CT molecular complexity index is 869. The highest BCUT2D eigenvalue weighted by Gasteiger charge is 2.43. The van der Waals surface area contributed by atoms with Crippen molar-refractivity contribution in [2.24, 2.45) is 5.11 Å². The van der Waals surface area contributed by atoms with Gasteiger partial charge < -0.3 is 4.74 Å². The van der Waals surface area contributed by atoms with E-state index in [0.717, 1.165) is 16.7 Å². The van der Waals surface area contributed by atoms with Crippen molar-refractivity contribution in [2.45, 2.75) is 5.54 Å². The van der Waals surface area contributed by atoms with Crippen LogP contribution in [0.25, 0.3) is 10.4 Å². The van der Waals surface area contributed by atoms with Crippen molar-refractivity contribution in [3.05, 3.63) is 106 Å². The van der Waals surface area contributed by atoms with Gasteiger partial charge in [0.25, 0.3) is 0 Å². The fourth-order valence-electron chi connectivity index (χ4n) is 3.20. The molecule has 0 saturated heterocycles. The molecule has 0 fully saturated rings. The van der Waals surface area contributed by atoms with Crippen LogP contribution in [0.5, 0.6) is 11.5 Å². The van der Waals surface area contributed by atoms with Gasteiger partial charge in [0.2, 0.25) is 0 Å². The molecule has 1 aliphatic heterocycles. The normalized spacial score (nSPS) is 13.9. The van der Waals surface area contributed by atoms with E-state index >= 15 is 0 Å². The molecule has 3 aromatic rings. The quantitative estimate of drug-likeness (QED) is 0.355. The maximum atomic E-state index is 9.31. The summed E-state index contributed by atoms with van der Waals surface area (Å²) in [4.78, 5) is 3.18. The van der Waals surface area contributed by atoms with E-state index in [1.54, 1.807) is 0 Å². The summed E-state index contributed by atoms with van der Waals surface area (Å²) >= 11 is 0. The number of para-hydroxylation sites is 2. The minimum atomic E-state index is -0.929. The molecule has 3 aromatic carbocycles. The van der Waals surface area contributed by atoms with Crippen LogP contribution >= 0.6 is 0 Å². The van der Waals surface area contributed by atoms with Crippen LogP contribution in [0, 0.1) is 0 Å². The second kappa shape index (κ2) is 5.20. The highest BCUT2D eigenvalue weighted by Crippen LogP contribution is 2.52. The first kappa shape index (κ1) is 13.4. The minimum absolute atomic E-state index is 0.711. The first-order valence-electron chi connectivity index (χ1n) is 7.35. The molecule has 0 N–H and O–H groups in total. The van der Waals surface area contributed by atoms with Gasteiger partial charge in [-0.1, -0.05) is 71.8 Å². The van der Waals surface area contributed by atoms with Gasteiger partial charge >= 0.3 is 0 Å². The van der Waals surface area contributed by atoms with Crippen LogP contribution in [0.2, 0.25) is 0 Å². The summed E-state index contributed by atoms with van der Waals surface area (Å²) in [6.07, 6.45) is 0. The first-order chi connectivity index (χ1) is 11.4. The fourth-order valence-corrected chi connectivity index (χ4v) is 3.20. The summed E-state index contributed by atoms with van der Waals surface area (Å²) < 4.78 is 6.02. The van der Waals surface area contributed by atoms with Gasteiger partial charge in [0.1, 0.15) is 17.0 Å². The summed E-state index contributed by atoms with van der Waals surface area (Å²) in [5.74, 6) is 1.42. The number of nitrogens with zero attached hydrogens (tertiary/aromatic N) is 3. The van der Waals surface area contributed by atoms with Crippen LogP contribution in [0.4, 0.5) is 0 Å². The molecule has 0 saturated carbocycles. The van der Waals surface area contributed by atoms with Crippen LogP contribution in [0.15, 0.2) is 84.0 Å². The van der Waals surface area contributed by atoms with Gasteiger partial charge in [-0.3, -0.25) is 0 Å². The molecule has 0 spiro atoms. The van der Waals surface area contributed by atoms with Crippen molar-refractivity contribution in [1.29, 1.82) is 0 Å². The Morgan fingerprint density at radius 3 is 1.83 bits per heavy atom. The number of hydrogen-bond donors (Lipinski definition) is 0. The van der Waals surface area contributed by atoms with Gasteiger partial charge in [0.05, 0.1) is 0 Å². The fraction of sp³-hybridized carbons (Fsp3) is 0.0526. The van der Waals surface area contributed by atoms with Crippen molar-refractivity contribution < 1.29 is 4.74 Å². The molecule has 0 bridgehead atoms. The predicted octanol–water partition coefficient (Wildman–Crippen LogP) is 5.39. The number of benzene rings is 3. The van der Waals surface area contributed by atoms with Gasteiger partial charge in [0.15, 0.2) is 0 Å². The Morgan fingerprint density at radius 1 is 0.739 bits per heavy atom. The van der Waals surface area contributed by atoms with E-state index in [9.17, 15) is 5.53 Å². The lowest BCUT2D eigenvalue weighted by molar-refractivity contribution is 0.421. The van der Waals surface area contributed by atoms with E-state index in [-0.39, 0.29) is 0 Å². The largest absolute Gasteiger partial charge is 0.457 e. The Hall–Kier alpha value is -3.23. The summed E-state index contributed by atoms with van der Waals surface area (Å²) in [6.45, 7) is 0. The third-order valence-electron chi connectivity index (χ3n) is 4.16. The van der Waals surface area contributed by atoms with Crippen molar-refractivity contribution >= 4 is 0 Å². The molecule has 23 heavy (non-hydrogen) atoms. The van der Waals surface area contributed by atoms with Gasteiger partial charge in [-0.25, -0.2) is 0 Å². The van der Waals surface area contributed by atoms with Gasteiger partial charge in [-0.15, -0.1) is 0 Å². The molecule has 0 aromatic heterocycles. The molecule has 110 valence electrons. The second-order valence-electron chi connectivity index (χ2n) is 5.36. The third-order valence-corrected chi connectivity index (χ3v) is 4.16. The van der Waals surface area contributed by atoms with Crippen molar-refractivity contribution in [3.8, 4) is 11.5 Å². The lowest BCUT2D eigenvalue weighted by atomic mass is 9.76. The highest BCUT2D eigenvalue weighted by atomic mass is 16.5. The number of azide groups is 1. The third kappa shape index (κ3) is 1.90. The molecule has 4 rings (SSSR count). The molecule has 4 heteroatoms. The standard InChI is InChI=1S/C19H13N3O/c20-22-21-19(14-8-2-1-3-9-14)15-10-4-6-12-17(15)23-18-13-7-5-11-16(18)19/h1-13H. The maximum Gasteiger partial charge on any atom is 0.132 e. The second-order valence-corrected chi connectivity index (χ2v) is 5.36. The molecular weight excluding hydrogens is 286 g/mol. The molecule has 4 nitrogen and oxygen atoms in total. The zero-order valence-electron chi connectivity index (χ0n) is 12.3. The van der Waals surface area contributed by atoms with Crippen molar-refractivity contribution in [3.63, 3.8) is 0 Å². The number of fused-ring (bicyclic) bond motifs is 2. The lowest BCUT2D eigenvalue weighted by Crippen LogP contribution is -2.30. The smallest absolute Gasteiger partial charge is 0.132 e. The monoisotopic (exact) mass is 299 g/mol. The molecular formula is C19H13N3O. The average Bonchev–Trinajstić information content (AvgIpc) is 2.62. The molecule has 0 radical (unpaired) electrons. The number of ether oxygens (including phenoxy) is 1. The maximum absolute atomic E-state index is 9.31.